The van der Waals surface area contributed by atoms with E-state index in [1.165, 1.54) is 0 Å². The van der Waals surface area contributed by atoms with E-state index >= 15 is 0 Å². The first-order chi connectivity index (χ1) is 10.6. The second kappa shape index (κ2) is 5.58. The first-order valence-electron chi connectivity index (χ1n) is 7.01. The van der Waals surface area contributed by atoms with E-state index in [2.05, 4.69) is 4.98 Å². The zero-order chi connectivity index (χ0) is 15.7. The van der Waals surface area contributed by atoms with E-state index in [1.807, 2.05) is 36.4 Å². The van der Waals surface area contributed by atoms with Gasteiger partial charge in [0.1, 0.15) is 0 Å². The Bertz CT molecular complexity index is 853. The molecule has 2 aromatic carbocycles. The number of carbonyl (C=O) groups is 1. The van der Waals surface area contributed by atoms with E-state index in [1.54, 1.807) is 25.3 Å². The van der Waals surface area contributed by atoms with Gasteiger partial charge in [-0.15, -0.1) is 0 Å². The molecule has 4 heteroatoms. The summed E-state index contributed by atoms with van der Waals surface area (Å²) in [6.07, 6.45) is 1.75. The number of benzene rings is 2. The largest absolute Gasteiger partial charge is 0.478 e. The lowest BCUT2D eigenvalue weighted by Crippen LogP contribution is -2.13. The van der Waals surface area contributed by atoms with E-state index < -0.39 is 5.97 Å². The fourth-order valence-corrected chi connectivity index (χ4v) is 2.68. The Morgan fingerprint density at radius 1 is 1.18 bits per heavy atom. The number of aryl methyl sites for hydroxylation is 1. The van der Waals surface area contributed by atoms with Crippen LogP contribution in [0.1, 0.15) is 33.1 Å². The monoisotopic (exact) mass is 292 g/mol. The topological polar surface area (TPSA) is 76.2 Å². The van der Waals surface area contributed by atoms with Crippen LogP contribution in [0.2, 0.25) is 0 Å². The lowest BCUT2D eigenvalue weighted by atomic mass is 9.94. The summed E-state index contributed by atoms with van der Waals surface area (Å²) in [6.45, 7) is 1.78. The molecule has 0 radical (unpaired) electrons. The van der Waals surface area contributed by atoms with E-state index in [0.717, 1.165) is 22.0 Å². The van der Waals surface area contributed by atoms with E-state index in [9.17, 15) is 4.79 Å². The minimum atomic E-state index is -0.926. The highest BCUT2D eigenvalue weighted by atomic mass is 16.4. The number of carboxylic acid groups (broad SMARTS) is 1. The first kappa shape index (κ1) is 14.2. The number of rotatable bonds is 3. The standard InChI is InChI=1S/C18H16N2O2/c1-11-10-13(7-8-14(11)18(21)22)16(19)15-6-2-4-12-5-3-9-20-17(12)15/h2-10,16H,19H2,1H3,(H,21,22). The molecule has 1 heterocycles. The minimum Gasteiger partial charge on any atom is -0.478 e. The van der Waals surface area contributed by atoms with Crippen molar-refractivity contribution in [3.8, 4) is 0 Å². The molecule has 1 unspecified atom stereocenters. The maximum atomic E-state index is 11.1. The first-order valence-corrected chi connectivity index (χ1v) is 7.01. The number of para-hydroxylation sites is 1. The van der Waals surface area contributed by atoms with Crippen molar-refractivity contribution in [1.82, 2.24) is 4.98 Å². The van der Waals surface area contributed by atoms with Gasteiger partial charge >= 0.3 is 5.97 Å². The number of nitrogens with two attached hydrogens (primary N) is 1. The summed E-state index contributed by atoms with van der Waals surface area (Å²) in [6, 6.07) is 14.7. The molecule has 0 fully saturated rings. The van der Waals surface area contributed by atoms with Gasteiger partial charge in [-0.25, -0.2) is 4.79 Å². The number of aromatic carboxylic acids is 1. The predicted molar refractivity (Wildman–Crippen MR) is 85.9 cm³/mol. The molecule has 0 aliphatic carbocycles. The van der Waals surface area contributed by atoms with E-state index in [-0.39, 0.29) is 6.04 Å². The number of aromatic nitrogens is 1. The van der Waals surface area contributed by atoms with Gasteiger partial charge in [0.15, 0.2) is 0 Å². The van der Waals surface area contributed by atoms with Crippen molar-refractivity contribution in [2.75, 3.05) is 0 Å². The van der Waals surface area contributed by atoms with Gasteiger partial charge in [0.25, 0.3) is 0 Å². The predicted octanol–water partition coefficient (Wildman–Crippen LogP) is 3.29. The third-order valence-corrected chi connectivity index (χ3v) is 3.84. The van der Waals surface area contributed by atoms with Crippen molar-refractivity contribution in [3.63, 3.8) is 0 Å². The average molecular weight is 292 g/mol. The summed E-state index contributed by atoms with van der Waals surface area (Å²) in [4.78, 5) is 15.5. The average Bonchev–Trinajstić information content (AvgIpc) is 2.53. The SMILES string of the molecule is Cc1cc(C(N)c2cccc3cccnc23)ccc1C(=O)O. The summed E-state index contributed by atoms with van der Waals surface area (Å²) in [5.74, 6) is -0.926. The molecule has 1 atom stereocenters. The Hall–Kier alpha value is -2.72. The second-order valence-electron chi connectivity index (χ2n) is 5.28. The Morgan fingerprint density at radius 3 is 2.68 bits per heavy atom. The molecule has 0 aliphatic rings. The molecular formula is C18H16N2O2. The summed E-state index contributed by atoms with van der Waals surface area (Å²) < 4.78 is 0. The van der Waals surface area contributed by atoms with Crippen LogP contribution in [0, 0.1) is 6.92 Å². The summed E-state index contributed by atoms with van der Waals surface area (Å²) in [5, 5.41) is 10.1. The normalized spacial score (nSPS) is 12.3. The molecule has 3 aromatic rings. The van der Waals surface area contributed by atoms with Gasteiger partial charge in [-0.2, -0.15) is 0 Å². The van der Waals surface area contributed by atoms with Gasteiger partial charge in [0.05, 0.1) is 17.1 Å². The molecule has 0 saturated carbocycles. The fraction of sp³-hybridized carbons (Fsp3) is 0.111. The molecule has 3 N–H and O–H groups in total. The van der Waals surface area contributed by atoms with Crippen LogP contribution < -0.4 is 5.73 Å². The number of fused-ring (bicyclic) bond motifs is 1. The van der Waals surface area contributed by atoms with Gasteiger partial charge < -0.3 is 10.8 Å². The zero-order valence-electron chi connectivity index (χ0n) is 12.2. The lowest BCUT2D eigenvalue weighted by Gasteiger charge is -2.16. The van der Waals surface area contributed by atoms with Gasteiger partial charge in [0, 0.05) is 11.6 Å². The highest BCUT2D eigenvalue weighted by molar-refractivity contribution is 5.89. The van der Waals surface area contributed by atoms with Crippen LogP contribution in [0.25, 0.3) is 10.9 Å². The maximum absolute atomic E-state index is 11.1. The smallest absolute Gasteiger partial charge is 0.335 e. The Labute approximate surface area is 128 Å². The molecule has 0 bridgehead atoms. The second-order valence-corrected chi connectivity index (χ2v) is 5.28. The molecule has 0 aliphatic heterocycles. The number of pyridine rings is 1. The van der Waals surface area contributed by atoms with Crippen LogP contribution in [0.5, 0.6) is 0 Å². The van der Waals surface area contributed by atoms with Crippen molar-refractivity contribution in [1.29, 1.82) is 0 Å². The summed E-state index contributed by atoms with van der Waals surface area (Å²) in [5.41, 5.74) is 10.1. The van der Waals surface area contributed by atoms with Crippen molar-refractivity contribution in [2.24, 2.45) is 5.73 Å². The minimum absolute atomic E-state index is 0.298. The fourth-order valence-electron chi connectivity index (χ4n) is 2.68. The highest BCUT2D eigenvalue weighted by Gasteiger charge is 2.15. The van der Waals surface area contributed by atoms with Crippen LogP contribution in [0.4, 0.5) is 0 Å². The number of carboxylic acids is 1. The van der Waals surface area contributed by atoms with E-state index in [4.69, 9.17) is 10.8 Å². The van der Waals surface area contributed by atoms with Gasteiger partial charge in [-0.1, -0.05) is 36.4 Å². The van der Waals surface area contributed by atoms with Crippen molar-refractivity contribution < 1.29 is 9.90 Å². The molecule has 4 nitrogen and oxygen atoms in total. The molecule has 0 spiro atoms. The number of hydrogen-bond donors (Lipinski definition) is 2. The van der Waals surface area contributed by atoms with Gasteiger partial charge in [-0.3, -0.25) is 4.98 Å². The third-order valence-electron chi connectivity index (χ3n) is 3.84. The Morgan fingerprint density at radius 2 is 1.95 bits per heavy atom. The van der Waals surface area contributed by atoms with Crippen LogP contribution in [-0.2, 0) is 0 Å². The van der Waals surface area contributed by atoms with Crippen molar-refractivity contribution >= 4 is 16.9 Å². The maximum Gasteiger partial charge on any atom is 0.335 e. The Kier molecular flexibility index (Phi) is 3.61. The van der Waals surface area contributed by atoms with Crippen LogP contribution >= 0.6 is 0 Å². The molecule has 0 saturated heterocycles. The molecule has 3 rings (SSSR count). The van der Waals surface area contributed by atoms with E-state index in [0.29, 0.717) is 11.1 Å². The van der Waals surface area contributed by atoms with Crippen LogP contribution in [0.15, 0.2) is 54.7 Å². The summed E-state index contributed by atoms with van der Waals surface area (Å²) in [7, 11) is 0. The highest BCUT2D eigenvalue weighted by Crippen LogP contribution is 2.27. The van der Waals surface area contributed by atoms with Crippen molar-refractivity contribution in [2.45, 2.75) is 13.0 Å². The van der Waals surface area contributed by atoms with Gasteiger partial charge in [-0.05, 0) is 35.7 Å². The van der Waals surface area contributed by atoms with Crippen LogP contribution in [0.3, 0.4) is 0 Å². The van der Waals surface area contributed by atoms with Crippen molar-refractivity contribution in [3.05, 3.63) is 77.0 Å². The van der Waals surface area contributed by atoms with Gasteiger partial charge in [0.2, 0.25) is 0 Å². The molecular weight excluding hydrogens is 276 g/mol. The number of nitrogens with zero attached hydrogens (tertiary/aromatic N) is 1. The molecule has 22 heavy (non-hydrogen) atoms. The summed E-state index contributed by atoms with van der Waals surface area (Å²) >= 11 is 0. The quantitative estimate of drug-likeness (QED) is 0.776. The molecule has 0 amide bonds. The van der Waals surface area contributed by atoms with Crippen LogP contribution in [-0.4, -0.2) is 16.1 Å². The lowest BCUT2D eigenvalue weighted by molar-refractivity contribution is 0.0696. The molecule has 1 aromatic heterocycles. The zero-order valence-corrected chi connectivity index (χ0v) is 12.2. The Balaban J connectivity index is 2.08. The third kappa shape index (κ3) is 2.44. The number of hydrogen-bond acceptors (Lipinski definition) is 3. The molecule has 110 valence electrons.